The second kappa shape index (κ2) is 7.96. The Hall–Kier alpha value is -2.94. The maximum atomic E-state index is 12.4. The smallest absolute Gasteiger partial charge is 0.240 e. The second-order valence-electron chi connectivity index (χ2n) is 5.75. The average Bonchev–Trinajstić information content (AvgIpc) is 2.68. The molecule has 0 amide bonds. The normalized spacial score (nSPS) is 11.0. The zero-order valence-corrected chi connectivity index (χ0v) is 14.9. The van der Waals surface area contributed by atoms with Crippen molar-refractivity contribution in [2.24, 2.45) is 0 Å². The number of nitrogens with zero attached hydrogens (tertiary/aromatic N) is 1. The number of hydrogen-bond acceptors (Lipinski definition) is 3. The summed E-state index contributed by atoms with van der Waals surface area (Å²) in [5, 5.41) is 0. The molecule has 1 heterocycles. The first-order chi connectivity index (χ1) is 12.6. The van der Waals surface area contributed by atoms with Gasteiger partial charge in [0.05, 0.1) is 17.1 Å². The molecule has 0 saturated heterocycles. The Morgan fingerprint density at radius 2 is 1.58 bits per heavy atom. The van der Waals surface area contributed by atoms with Gasteiger partial charge in [-0.25, -0.2) is 13.1 Å². The fourth-order valence-electron chi connectivity index (χ4n) is 2.51. The van der Waals surface area contributed by atoms with E-state index in [1.165, 1.54) is 0 Å². The molecule has 0 aliphatic heterocycles. The van der Waals surface area contributed by atoms with Crippen molar-refractivity contribution in [3.63, 3.8) is 0 Å². The predicted octanol–water partition coefficient (Wildman–Crippen LogP) is 3.40. The summed E-state index contributed by atoms with van der Waals surface area (Å²) in [6.07, 6.45) is 7.54. The Morgan fingerprint density at radius 3 is 2.15 bits per heavy atom. The molecule has 0 atom stereocenters. The summed E-state index contributed by atoms with van der Waals surface area (Å²) in [6, 6.07) is 20.1. The van der Waals surface area contributed by atoms with E-state index in [-0.39, 0.29) is 11.4 Å². The van der Waals surface area contributed by atoms with Gasteiger partial charge in [0.15, 0.2) is 0 Å². The van der Waals surface area contributed by atoms with E-state index in [1.807, 2.05) is 30.3 Å². The number of rotatable bonds is 6. The lowest BCUT2D eigenvalue weighted by Crippen LogP contribution is -2.23. The van der Waals surface area contributed by atoms with Crippen molar-refractivity contribution in [3.8, 4) is 23.5 Å². The minimum absolute atomic E-state index is 0.154. The van der Waals surface area contributed by atoms with Gasteiger partial charge in [0, 0.05) is 12.6 Å². The Kier molecular flexibility index (Phi) is 5.47. The highest BCUT2D eigenvalue weighted by Crippen LogP contribution is 2.22. The third-order valence-electron chi connectivity index (χ3n) is 3.93. The SMILES string of the molecule is C#CCc1ccc(-c2ccc(S(=O)(=O)NCc3ccccn3)cc2)cc1. The highest BCUT2D eigenvalue weighted by molar-refractivity contribution is 7.89. The van der Waals surface area contributed by atoms with Gasteiger partial charge in [-0.05, 0) is 41.0 Å². The number of hydrogen-bond donors (Lipinski definition) is 1. The summed E-state index contributed by atoms with van der Waals surface area (Å²) >= 11 is 0. The molecule has 3 rings (SSSR count). The lowest BCUT2D eigenvalue weighted by molar-refractivity contribution is 0.580. The quantitative estimate of drug-likeness (QED) is 0.684. The van der Waals surface area contributed by atoms with Gasteiger partial charge in [-0.3, -0.25) is 4.98 Å². The molecular weight excluding hydrogens is 344 g/mol. The van der Waals surface area contributed by atoms with Gasteiger partial charge in [0.25, 0.3) is 0 Å². The van der Waals surface area contributed by atoms with E-state index in [9.17, 15) is 8.42 Å². The fraction of sp³-hybridized carbons (Fsp3) is 0.0952. The minimum Gasteiger partial charge on any atom is -0.260 e. The van der Waals surface area contributed by atoms with Crippen LogP contribution in [0.2, 0.25) is 0 Å². The Morgan fingerprint density at radius 1 is 0.923 bits per heavy atom. The summed E-state index contributed by atoms with van der Waals surface area (Å²) in [7, 11) is -3.58. The first kappa shape index (κ1) is 17.9. The highest BCUT2D eigenvalue weighted by atomic mass is 32.2. The van der Waals surface area contributed by atoms with Crippen LogP contribution in [-0.2, 0) is 23.0 Å². The summed E-state index contributed by atoms with van der Waals surface area (Å²) in [5.41, 5.74) is 3.70. The number of terminal acetylenes is 1. The topological polar surface area (TPSA) is 59.1 Å². The molecule has 1 aromatic heterocycles. The standard InChI is InChI=1S/C21H18N2O2S/c1-2-5-17-7-9-18(10-8-17)19-11-13-21(14-12-19)26(24,25)23-16-20-6-3-4-15-22-20/h1,3-4,6-15,23H,5,16H2. The van der Waals surface area contributed by atoms with Gasteiger partial charge in [0.2, 0.25) is 10.0 Å². The van der Waals surface area contributed by atoms with Crippen molar-refractivity contribution in [1.82, 2.24) is 9.71 Å². The van der Waals surface area contributed by atoms with Crippen LogP contribution in [0.4, 0.5) is 0 Å². The molecule has 5 heteroatoms. The van der Waals surface area contributed by atoms with Gasteiger partial charge >= 0.3 is 0 Å². The maximum absolute atomic E-state index is 12.4. The van der Waals surface area contributed by atoms with Crippen LogP contribution in [-0.4, -0.2) is 13.4 Å². The van der Waals surface area contributed by atoms with E-state index in [0.717, 1.165) is 16.7 Å². The van der Waals surface area contributed by atoms with E-state index in [4.69, 9.17) is 6.42 Å². The molecule has 0 aliphatic carbocycles. The van der Waals surface area contributed by atoms with Crippen LogP contribution in [0.1, 0.15) is 11.3 Å². The molecule has 0 spiro atoms. The van der Waals surface area contributed by atoms with Crippen molar-refractivity contribution in [2.45, 2.75) is 17.9 Å². The van der Waals surface area contributed by atoms with E-state index < -0.39 is 10.0 Å². The molecule has 0 fully saturated rings. The molecule has 130 valence electrons. The van der Waals surface area contributed by atoms with Crippen LogP contribution in [0.3, 0.4) is 0 Å². The summed E-state index contributed by atoms with van der Waals surface area (Å²) in [4.78, 5) is 4.33. The van der Waals surface area contributed by atoms with E-state index >= 15 is 0 Å². The molecule has 2 aromatic carbocycles. The van der Waals surface area contributed by atoms with Gasteiger partial charge in [-0.1, -0.05) is 42.5 Å². The van der Waals surface area contributed by atoms with Crippen LogP contribution in [0, 0.1) is 12.3 Å². The van der Waals surface area contributed by atoms with Gasteiger partial charge in [-0.2, -0.15) is 0 Å². The van der Waals surface area contributed by atoms with Crippen LogP contribution in [0.25, 0.3) is 11.1 Å². The van der Waals surface area contributed by atoms with Gasteiger partial charge in [-0.15, -0.1) is 12.3 Å². The highest BCUT2D eigenvalue weighted by Gasteiger charge is 2.14. The molecule has 0 unspecified atom stereocenters. The van der Waals surface area contributed by atoms with Gasteiger partial charge < -0.3 is 0 Å². The third kappa shape index (κ3) is 4.37. The molecule has 3 aromatic rings. The third-order valence-corrected chi connectivity index (χ3v) is 5.34. The molecular formula is C21H18N2O2S. The van der Waals surface area contributed by atoms with E-state index in [2.05, 4.69) is 15.6 Å². The van der Waals surface area contributed by atoms with Crippen LogP contribution >= 0.6 is 0 Å². The van der Waals surface area contributed by atoms with Crippen molar-refractivity contribution in [1.29, 1.82) is 0 Å². The molecule has 26 heavy (non-hydrogen) atoms. The lowest BCUT2D eigenvalue weighted by Gasteiger charge is -2.08. The molecule has 0 aliphatic rings. The van der Waals surface area contributed by atoms with Crippen molar-refractivity contribution < 1.29 is 8.42 Å². The van der Waals surface area contributed by atoms with Crippen LogP contribution < -0.4 is 4.72 Å². The zero-order valence-electron chi connectivity index (χ0n) is 14.1. The van der Waals surface area contributed by atoms with Crippen molar-refractivity contribution >= 4 is 10.0 Å². The number of pyridine rings is 1. The molecule has 0 bridgehead atoms. The van der Waals surface area contributed by atoms with E-state index in [0.29, 0.717) is 12.1 Å². The fourth-order valence-corrected chi connectivity index (χ4v) is 3.51. The van der Waals surface area contributed by atoms with Crippen LogP contribution in [0.5, 0.6) is 0 Å². The Labute approximate surface area is 154 Å². The van der Waals surface area contributed by atoms with E-state index in [1.54, 1.807) is 42.6 Å². The summed E-state index contributed by atoms with van der Waals surface area (Å²) in [6.45, 7) is 0.154. The Bertz CT molecular complexity index is 1000. The average molecular weight is 362 g/mol. The molecule has 4 nitrogen and oxygen atoms in total. The first-order valence-corrected chi connectivity index (χ1v) is 9.59. The zero-order chi connectivity index (χ0) is 18.4. The minimum atomic E-state index is -3.58. The van der Waals surface area contributed by atoms with Gasteiger partial charge in [0.1, 0.15) is 0 Å². The van der Waals surface area contributed by atoms with Crippen molar-refractivity contribution in [3.05, 3.63) is 84.2 Å². The predicted molar refractivity (Wildman–Crippen MR) is 103 cm³/mol. The molecule has 1 N–H and O–H groups in total. The number of nitrogens with one attached hydrogen (secondary N) is 1. The van der Waals surface area contributed by atoms with Crippen molar-refractivity contribution in [2.75, 3.05) is 0 Å². The second-order valence-corrected chi connectivity index (χ2v) is 7.51. The Balaban J connectivity index is 1.73. The largest absolute Gasteiger partial charge is 0.260 e. The summed E-state index contributed by atoms with van der Waals surface area (Å²) < 4.78 is 27.4. The number of aromatic nitrogens is 1. The molecule has 0 radical (unpaired) electrons. The monoisotopic (exact) mass is 362 g/mol. The van der Waals surface area contributed by atoms with Crippen LogP contribution in [0.15, 0.2) is 77.8 Å². The summed E-state index contributed by atoms with van der Waals surface area (Å²) in [5.74, 6) is 2.61. The lowest BCUT2D eigenvalue weighted by atomic mass is 10.0. The number of benzene rings is 2. The maximum Gasteiger partial charge on any atom is 0.240 e. The number of sulfonamides is 1. The first-order valence-electron chi connectivity index (χ1n) is 8.11. The molecule has 0 saturated carbocycles.